The molecule has 0 bridgehead atoms. The summed E-state index contributed by atoms with van der Waals surface area (Å²) in [5.41, 5.74) is 2.03. The summed E-state index contributed by atoms with van der Waals surface area (Å²) in [7, 11) is 0. The van der Waals surface area contributed by atoms with Crippen LogP contribution in [0.1, 0.15) is 15.9 Å². The van der Waals surface area contributed by atoms with E-state index in [2.05, 4.69) is 15.4 Å². The van der Waals surface area contributed by atoms with Gasteiger partial charge in [0.15, 0.2) is 6.61 Å². The lowest BCUT2D eigenvalue weighted by molar-refractivity contribution is -0.119. The lowest BCUT2D eigenvalue weighted by Gasteiger charge is -2.09. The highest BCUT2D eigenvalue weighted by atomic mass is 16.5. The molecular formula is C22H18N4O3. The lowest BCUT2D eigenvalue weighted by Crippen LogP contribution is -2.21. The first kappa shape index (κ1) is 18.4. The molecule has 144 valence electrons. The van der Waals surface area contributed by atoms with Crippen LogP contribution in [0.5, 0.6) is 0 Å². The molecule has 0 aliphatic heterocycles. The van der Waals surface area contributed by atoms with E-state index < -0.39 is 11.9 Å². The smallest absolute Gasteiger partial charge is 0.338 e. The van der Waals surface area contributed by atoms with Crippen LogP contribution >= 0.6 is 0 Å². The number of hydrogen-bond acceptors (Lipinski definition) is 5. The Hall–Kier alpha value is -4.00. The second-order valence-electron chi connectivity index (χ2n) is 6.44. The van der Waals surface area contributed by atoms with Gasteiger partial charge in [0.2, 0.25) is 0 Å². The number of esters is 1. The molecule has 1 aromatic heterocycles. The highest BCUT2D eigenvalue weighted by Gasteiger charge is 2.11. The third-order valence-corrected chi connectivity index (χ3v) is 4.40. The molecule has 1 N–H and O–H groups in total. The standard InChI is InChI=1S/C22H18N4O3/c27-21(25-20-7-3-5-17-4-1-2-6-19(17)20)13-29-22(28)18-10-8-16(9-11-18)12-26-15-23-14-24-26/h1-11,14-15H,12-13H2,(H,25,27). The topological polar surface area (TPSA) is 86.1 Å². The molecule has 1 heterocycles. The molecule has 0 atom stereocenters. The summed E-state index contributed by atoms with van der Waals surface area (Å²) < 4.78 is 6.83. The van der Waals surface area contributed by atoms with Gasteiger partial charge in [-0.25, -0.2) is 14.5 Å². The van der Waals surface area contributed by atoms with E-state index in [-0.39, 0.29) is 6.61 Å². The summed E-state index contributed by atoms with van der Waals surface area (Å²) in [4.78, 5) is 28.3. The van der Waals surface area contributed by atoms with Gasteiger partial charge in [-0.15, -0.1) is 0 Å². The molecule has 0 spiro atoms. The predicted molar refractivity (Wildman–Crippen MR) is 108 cm³/mol. The Balaban J connectivity index is 1.33. The van der Waals surface area contributed by atoms with Crippen LogP contribution in [0.25, 0.3) is 10.8 Å². The molecule has 0 aliphatic rings. The Labute approximate surface area is 167 Å². The number of carbonyl (C=O) groups is 2. The zero-order chi connectivity index (χ0) is 20.1. The third-order valence-electron chi connectivity index (χ3n) is 4.40. The fourth-order valence-corrected chi connectivity index (χ4v) is 2.98. The first-order valence-corrected chi connectivity index (χ1v) is 9.05. The third kappa shape index (κ3) is 4.47. The molecule has 0 aliphatic carbocycles. The van der Waals surface area contributed by atoms with Crippen molar-refractivity contribution in [3.63, 3.8) is 0 Å². The number of nitrogens with zero attached hydrogens (tertiary/aromatic N) is 3. The minimum atomic E-state index is -0.551. The first-order chi connectivity index (χ1) is 14.2. The fraction of sp³-hybridized carbons (Fsp3) is 0.0909. The number of fused-ring (bicyclic) bond motifs is 1. The van der Waals surface area contributed by atoms with Crippen molar-refractivity contribution >= 4 is 28.3 Å². The summed E-state index contributed by atoms with van der Waals surface area (Å²) >= 11 is 0. The molecular weight excluding hydrogens is 368 g/mol. The van der Waals surface area contributed by atoms with Crippen molar-refractivity contribution in [1.29, 1.82) is 0 Å². The molecule has 4 aromatic rings. The molecule has 4 rings (SSSR count). The molecule has 0 radical (unpaired) electrons. The molecule has 0 saturated carbocycles. The monoisotopic (exact) mass is 386 g/mol. The van der Waals surface area contributed by atoms with Gasteiger partial charge in [-0.3, -0.25) is 4.79 Å². The SMILES string of the molecule is O=C(COC(=O)c1ccc(Cn2cncn2)cc1)Nc1cccc2ccccc12. The number of rotatable bonds is 6. The Morgan fingerprint density at radius 1 is 0.966 bits per heavy atom. The second-order valence-corrected chi connectivity index (χ2v) is 6.44. The Morgan fingerprint density at radius 2 is 1.76 bits per heavy atom. The molecule has 3 aromatic carbocycles. The van der Waals surface area contributed by atoms with Crippen molar-refractivity contribution in [3.05, 3.63) is 90.5 Å². The van der Waals surface area contributed by atoms with Gasteiger partial charge in [0, 0.05) is 11.1 Å². The largest absolute Gasteiger partial charge is 0.452 e. The van der Waals surface area contributed by atoms with Crippen LogP contribution in [-0.2, 0) is 16.1 Å². The molecule has 0 fully saturated rings. The Kier molecular flexibility index (Phi) is 5.29. The minimum Gasteiger partial charge on any atom is -0.452 e. The Morgan fingerprint density at radius 3 is 2.55 bits per heavy atom. The van der Waals surface area contributed by atoms with Gasteiger partial charge in [0.1, 0.15) is 12.7 Å². The number of anilines is 1. The van der Waals surface area contributed by atoms with E-state index >= 15 is 0 Å². The summed E-state index contributed by atoms with van der Waals surface area (Å²) in [5.74, 6) is -0.942. The summed E-state index contributed by atoms with van der Waals surface area (Å²) in [5, 5.41) is 8.78. The van der Waals surface area contributed by atoms with E-state index in [1.165, 1.54) is 6.33 Å². The molecule has 1 amide bonds. The molecule has 7 heteroatoms. The minimum absolute atomic E-state index is 0.358. The van der Waals surface area contributed by atoms with Crippen LogP contribution in [0, 0.1) is 0 Å². The molecule has 0 unspecified atom stereocenters. The maximum absolute atomic E-state index is 12.2. The lowest BCUT2D eigenvalue weighted by atomic mass is 10.1. The van der Waals surface area contributed by atoms with Crippen LogP contribution in [-0.4, -0.2) is 33.2 Å². The van der Waals surface area contributed by atoms with Crippen molar-refractivity contribution in [3.8, 4) is 0 Å². The zero-order valence-corrected chi connectivity index (χ0v) is 15.5. The normalized spacial score (nSPS) is 10.6. The van der Waals surface area contributed by atoms with Crippen LogP contribution in [0.2, 0.25) is 0 Å². The van der Waals surface area contributed by atoms with Crippen molar-refractivity contribution in [2.24, 2.45) is 0 Å². The molecule has 0 saturated heterocycles. The molecule has 29 heavy (non-hydrogen) atoms. The maximum atomic E-state index is 12.2. The maximum Gasteiger partial charge on any atom is 0.338 e. The molecule has 7 nitrogen and oxygen atoms in total. The van der Waals surface area contributed by atoms with E-state index in [9.17, 15) is 9.59 Å². The van der Waals surface area contributed by atoms with Gasteiger partial charge >= 0.3 is 5.97 Å². The number of nitrogens with one attached hydrogen (secondary N) is 1. The number of amides is 1. The van der Waals surface area contributed by atoms with Crippen LogP contribution in [0.3, 0.4) is 0 Å². The van der Waals surface area contributed by atoms with Crippen LogP contribution in [0.4, 0.5) is 5.69 Å². The summed E-state index contributed by atoms with van der Waals surface area (Å²) in [6, 6.07) is 20.3. The number of benzene rings is 3. The van der Waals surface area contributed by atoms with E-state index in [1.807, 2.05) is 54.6 Å². The number of carbonyl (C=O) groups excluding carboxylic acids is 2. The van der Waals surface area contributed by atoms with Crippen molar-refractivity contribution in [2.45, 2.75) is 6.54 Å². The predicted octanol–water partition coefficient (Wildman–Crippen LogP) is 3.28. The van der Waals surface area contributed by atoms with Crippen LogP contribution < -0.4 is 5.32 Å². The van der Waals surface area contributed by atoms with Gasteiger partial charge < -0.3 is 10.1 Å². The van der Waals surface area contributed by atoms with Gasteiger partial charge in [-0.05, 0) is 29.1 Å². The quantitative estimate of drug-likeness (QED) is 0.514. The van der Waals surface area contributed by atoms with Crippen LogP contribution in [0.15, 0.2) is 79.4 Å². The van der Waals surface area contributed by atoms with E-state index in [0.29, 0.717) is 17.8 Å². The van der Waals surface area contributed by atoms with Crippen molar-refractivity contribution in [2.75, 3.05) is 11.9 Å². The van der Waals surface area contributed by atoms with E-state index in [0.717, 1.165) is 16.3 Å². The summed E-state index contributed by atoms with van der Waals surface area (Å²) in [6.07, 6.45) is 3.09. The fourth-order valence-electron chi connectivity index (χ4n) is 2.98. The Bertz CT molecular complexity index is 1130. The van der Waals surface area contributed by atoms with Gasteiger partial charge in [0.25, 0.3) is 5.91 Å². The zero-order valence-electron chi connectivity index (χ0n) is 15.5. The second kappa shape index (κ2) is 8.35. The highest BCUT2D eigenvalue weighted by Crippen LogP contribution is 2.22. The van der Waals surface area contributed by atoms with E-state index in [1.54, 1.807) is 23.1 Å². The average molecular weight is 386 g/mol. The average Bonchev–Trinajstić information content (AvgIpc) is 3.26. The van der Waals surface area contributed by atoms with Gasteiger partial charge in [-0.2, -0.15) is 5.10 Å². The van der Waals surface area contributed by atoms with Crippen molar-refractivity contribution < 1.29 is 14.3 Å². The highest BCUT2D eigenvalue weighted by molar-refractivity contribution is 6.03. The number of aromatic nitrogens is 3. The first-order valence-electron chi connectivity index (χ1n) is 9.05. The van der Waals surface area contributed by atoms with Gasteiger partial charge in [0.05, 0.1) is 12.1 Å². The van der Waals surface area contributed by atoms with Crippen molar-refractivity contribution in [1.82, 2.24) is 14.8 Å². The van der Waals surface area contributed by atoms with E-state index in [4.69, 9.17) is 4.74 Å². The number of ether oxygens (including phenoxy) is 1. The van der Waals surface area contributed by atoms with Gasteiger partial charge in [-0.1, -0.05) is 48.5 Å². The number of hydrogen-bond donors (Lipinski definition) is 1. The summed E-state index contributed by atoms with van der Waals surface area (Å²) in [6.45, 7) is 0.200.